The molecule has 0 atom stereocenters. The molecule has 1 aromatic heterocycles. The molecule has 0 bridgehead atoms. The lowest BCUT2D eigenvalue weighted by atomic mass is 10.5. The Morgan fingerprint density at radius 2 is 2.75 bits per heavy atom. The lowest BCUT2D eigenvalue weighted by molar-refractivity contribution is 1.02. The molecule has 1 aromatic rings. The van der Waals surface area contributed by atoms with E-state index >= 15 is 0 Å². The van der Waals surface area contributed by atoms with Crippen LogP contribution in [0.1, 0.15) is 5.01 Å². The van der Waals surface area contributed by atoms with Gasteiger partial charge in [0.25, 0.3) is 0 Å². The van der Waals surface area contributed by atoms with Gasteiger partial charge in [-0.2, -0.15) is 5.26 Å². The van der Waals surface area contributed by atoms with E-state index in [1.165, 1.54) is 11.3 Å². The summed E-state index contributed by atoms with van der Waals surface area (Å²) in [5.74, 6) is 0. The summed E-state index contributed by atoms with van der Waals surface area (Å²) in [7, 11) is 0. The first-order valence-corrected chi connectivity index (χ1v) is 2.93. The van der Waals surface area contributed by atoms with Gasteiger partial charge in [0.15, 0.2) is 0 Å². The number of hydrogen-bond acceptors (Lipinski definition) is 4. The first-order valence-electron chi connectivity index (χ1n) is 2.05. The van der Waals surface area contributed by atoms with E-state index in [9.17, 15) is 0 Å². The Hall–Kier alpha value is -0.950. The second-order valence-corrected chi connectivity index (χ2v) is 2.09. The third kappa shape index (κ3) is 1.01. The molecular weight excluding hydrogens is 122 g/mol. The molecule has 0 amide bonds. The smallest absolute Gasteiger partial charge is 0.131 e. The van der Waals surface area contributed by atoms with E-state index in [1.807, 2.05) is 6.07 Å². The second kappa shape index (κ2) is 2.38. The maximum absolute atomic E-state index is 8.13. The normalized spacial score (nSPS) is 8.38. The van der Waals surface area contributed by atoms with Crippen molar-refractivity contribution in [1.29, 1.82) is 5.26 Å². The monoisotopic (exact) mass is 125 g/mol. The van der Waals surface area contributed by atoms with E-state index in [2.05, 4.69) is 10.2 Å². The highest BCUT2D eigenvalue weighted by molar-refractivity contribution is 7.09. The van der Waals surface area contributed by atoms with Crippen LogP contribution in [0.5, 0.6) is 0 Å². The van der Waals surface area contributed by atoms with Gasteiger partial charge in [0.2, 0.25) is 0 Å². The molecule has 3 nitrogen and oxygen atoms in total. The van der Waals surface area contributed by atoms with Gasteiger partial charge in [-0.25, -0.2) is 0 Å². The summed E-state index contributed by atoms with van der Waals surface area (Å²) >= 11 is 1.40. The average molecular weight is 125 g/mol. The van der Waals surface area contributed by atoms with E-state index in [4.69, 9.17) is 5.26 Å². The van der Waals surface area contributed by atoms with Crippen molar-refractivity contribution in [2.75, 3.05) is 0 Å². The largest absolute Gasteiger partial charge is 0.198 e. The van der Waals surface area contributed by atoms with Gasteiger partial charge in [-0.05, 0) is 0 Å². The Bertz CT molecular complexity index is 186. The number of hydrogen-bond donors (Lipinski definition) is 0. The van der Waals surface area contributed by atoms with Gasteiger partial charge in [-0.1, -0.05) is 0 Å². The average Bonchev–Trinajstić information content (AvgIpc) is 2.19. The van der Waals surface area contributed by atoms with Crippen molar-refractivity contribution < 1.29 is 0 Å². The zero-order chi connectivity index (χ0) is 5.82. The first-order chi connectivity index (χ1) is 3.93. The Morgan fingerprint density at radius 3 is 3.25 bits per heavy atom. The summed E-state index contributed by atoms with van der Waals surface area (Å²) in [6.45, 7) is 0. The first kappa shape index (κ1) is 5.19. The molecule has 0 N–H and O–H groups in total. The van der Waals surface area contributed by atoms with Crippen LogP contribution in [0.4, 0.5) is 0 Å². The summed E-state index contributed by atoms with van der Waals surface area (Å²) in [6, 6.07) is 1.98. The van der Waals surface area contributed by atoms with Crippen LogP contribution in [0.2, 0.25) is 0 Å². The van der Waals surface area contributed by atoms with Gasteiger partial charge in [0.05, 0.1) is 12.5 Å². The summed E-state index contributed by atoms with van der Waals surface area (Å²) in [4.78, 5) is 0. The second-order valence-electron chi connectivity index (χ2n) is 1.17. The lowest BCUT2D eigenvalue weighted by Crippen LogP contribution is -1.76. The molecule has 0 radical (unpaired) electrons. The predicted molar refractivity (Wildman–Crippen MR) is 29.2 cm³/mol. The fourth-order valence-electron chi connectivity index (χ4n) is 0.341. The third-order valence-electron chi connectivity index (χ3n) is 0.635. The molecule has 4 heteroatoms. The van der Waals surface area contributed by atoms with Crippen molar-refractivity contribution in [3.63, 3.8) is 0 Å². The van der Waals surface area contributed by atoms with Crippen LogP contribution in [0.25, 0.3) is 0 Å². The topological polar surface area (TPSA) is 49.6 Å². The molecule has 0 aromatic carbocycles. The molecule has 0 fully saturated rings. The zero-order valence-corrected chi connectivity index (χ0v) is 4.85. The molecule has 0 saturated heterocycles. The quantitative estimate of drug-likeness (QED) is 0.552. The van der Waals surface area contributed by atoms with E-state index < -0.39 is 0 Å². The van der Waals surface area contributed by atoms with Gasteiger partial charge in [0.1, 0.15) is 10.5 Å². The molecule has 0 unspecified atom stereocenters. The molecule has 40 valence electrons. The number of nitriles is 1. The molecule has 0 aliphatic rings. The Kier molecular flexibility index (Phi) is 1.55. The van der Waals surface area contributed by atoms with Crippen molar-refractivity contribution >= 4 is 11.3 Å². The molecule has 0 saturated carbocycles. The van der Waals surface area contributed by atoms with Crippen LogP contribution in [0, 0.1) is 11.3 Å². The Morgan fingerprint density at radius 1 is 1.88 bits per heavy atom. The molecule has 0 aliphatic carbocycles. The highest BCUT2D eigenvalue weighted by atomic mass is 32.1. The molecule has 1 heterocycles. The Labute approximate surface area is 50.6 Å². The van der Waals surface area contributed by atoms with E-state index in [0.29, 0.717) is 6.42 Å². The van der Waals surface area contributed by atoms with Crippen LogP contribution in [-0.2, 0) is 6.42 Å². The van der Waals surface area contributed by atoms with Crippen molar-refractivity contribution in [1.82, 2.24) is 10.2 Å². The highest BCUT2D eigenvalue weighted by Crippen LogP contribution is 1.99. The van der Waals surface area contributed by atoms with Gasteiger partial charge in [-0.3, -0.25) is 0 Å². The van der Waals surface area contributed by atoms with Crippen LogP contribution in [0.3, 0.4) is 0 Å². The number of rotatable bonds is 1. The van der Waals surface area contributed by atoms with Crippen molar-refractivity contribution in [2.24, 2.45) is 0 Å². The van der Waals surface area contributed by atoms with E-state index in [1.54, 1.807) is 5.51 Å². The van der Waals surface area contributed by atoms with Gasteiger partial charge in [-0.15, -0.1) is 21.5 Å². The molecule has 0 spiro atoms. The third-order valence-corrected chi connectivity index (χ3v) is 1.33. The van der Waals surface area contributed by atoms with Crippen LogP contribution >= 0.6 is 11.3 Å². The van der Waals surface area contributed by atoms with Crippen molar-refractivity contribution in [2.45, 2.75) is 6.42 Å². The SMILES string of the molecule is N#CCc1nncs1. The van der Waals surface area contributed by atoms with Crippen molar-refractivity contribution in [3.8, 4) is 6.07 Å². The van der Waals surface area contributed by atoms with Gasteiger partial charge >= 0.3 is 0 Å². The summed E-state index contributed by atoms with van der Waals surface area (Å²) in [6.07, 6.45) is 0.380. The van der Waals surface area contributed by atoms with Crippen LogP contribution < -0.4 is 0 Å². The molecule has 8 heavy (non-hydrogen) atoms. The zero-order valence-electron chi connectivity index (χ0n) is 4.03. The maximum atomic E-state index is 8.13. The molecule has 0 aliphatic heterocycles. The fraction of sp³-hybridized carbons (Fsp3) is 0.250. The summed E-state index contributed by atoms with van der Waals surface area (Å²) in [5, 5.41) is 16.1. The summed E-state index contributed by atoms with van der Waals surface area (Å²) in [5.41, 5.74) is 1.62. The van der Waals surface area contributed by atoms with Crippen molar-refractivity contribution in [3.05, 3.63) is 10.5 Å². The van der Waals surface area contributed by atoms with Gasteiger partial charge in [0, 0.05) is 0 Å². The Balaban J connectivity index is 2.67. The standard InChI is InChI=1S/C4H3N3S/c5-2-1-4-7-6-3-8-4/h3H,1H2. The fourth-order valence-corrected chi connectivity index (χ4v) is 0.799. The maximum Gasteiger partial charge on any atom is 0.131 e. The minimum atomic E-state index is 0.380. The van der Waals surface area contributed by atoms with E-state index in [0.717, 1.165) is 5.01 Å². The number of aromatic nitrogens is 2. The predicted octanol–water partition coefficient (Wildman–Crippen LogP) is 0.604. The van der Waals surface area contributed by atoms with Crippen LogP contribution in [0.15, 0.2) is 5.51 Å². The highest BCUT2D eigenvalue weighted by Gasteiger charge is 1.90. The minimum absolute atomic E-state index is 0.380. The van der Waals surface area contributed by atoms with E-state index in [-0.39, 0.29) is 0 Å². The molecular formula is C4H3N3S. The summed E-state index contributed by atoms with van der Waals surface area (Å²) < 4.78 is 0. The number of nitrogens with zero attached hydrogens (tertiary/aromatic N) is 3. The minimum Gasteiger partial charge on any atom is -0.198 e. The van der Waals surface area contributed by atoms with Crippen LogP contribution in [-0.4, -0.2) is 10.2 Å². The molecule has 1 rings (SSSR count). The van der Waals surface area contributed by atoms with Gasteiger partial charge < -0.3 is 0 Å². The lowest BCUT2D eigenvalue weighted by Gasteiger charge is -1.72.